The van der Waals surface area contributed by atoms with E-state index in [-0.39, 0.29) is 18.3 Å². The first kappa shape index (κ1) is 13.0. The topological polar surface area (TPSA) is 48.2 Å². The molecule has 0 saturated heterocycles. The van der Waals surface area contributed by atoms with E-state index in [0.717, 1.165) is 0 Å². The van der Waals surface area contributed by atoms with Crippen molar-refractivity contribution in [3.63, 3.8) is 0 Å². The molecule has 18 heavy (non-hydrogen) atoms. The fraction of sp³-hybridized carbons (Fsp3) is 0.333. The summed E-state index contributed by atoms with van der Waals surface area (Å²) in [6.45, 7) is 4.05. The lowest BCUT2D eigenvalue weighted by Crippen LogP contribution is -1.98. The molecule has 0 bridgehead atoms. The maximum atomic E-state index is 13.0. The summed E-state index contributed by atoms with van der Waals surface area (Å²) in [7, 11) is 0. The average molecular weight is 315 g/mol. The third-order valence-corrected chi connectivity index (χ3v) is 2.90. The van der Waals surface area contributed by atoms with Crippen molar-refractivity contribution in [3.8, 4) is 5.75 Å². The van der Waals surface area contributed by atoms with Crippen LogP contribution >= 0.6 is 15.9 Å². The molecule has 0 aliphatic carbocycles. The van der Waals surface area contributed by atoms with Crippen LogP contribution in [0.5, 0.6) is 5.75 Å². The molecule has 1 aromatic carbocycles. The van der Waals surface area contributed by atoms with Crippen molar-refractivity contribution in [2.45, 2.75) is 26.4 Å². The average Bonchev–Trinajstić information content (AvgIpc) is 2.79. The second-order valence-electron chi connectivity index (χ2n) is 4.06. The highest BCUT2D eigenvalue weighted by molar-refractivity contribution is 9.10. The molecule has 0 aliphatic rings. The minimum absolute atomic E-state index is 0.113. The molecule has 6 heteroatoms. The monoisotopic (exact) mass is 314 g/mol. The molecule has 1 heterocycles. The summed E-state index contributed by atoms with van der Waals surface area (Å²) in [6, 6.07) is 4.22. The zero-order valence-corrected chi connectivity index (χ0v) is 11.6. The molecular weight excluding hydrogens is 303 g/mol. The summed E-state index contributed by atoms with van der Waals surface area (Å²) >= 11 is 3.27. The van der Waals surface area contributed by atoms with Crippen LogP contribution in [-0.4, -0.2) is 10.1 Å². The van der Waals surface area contributed by atoms with Gasteiger partial charge in [0.15, 0.2) is 12.4 Å². The molecule has 1 aromatic heterocycles. The molecule has 0 aliphatic heterocycles. The van der Waals surface area contributed by atoms with Gasteiger partial charge in [0.05, 0.1) is 4.47 Å². The van der Waals surface area contributed by atoms with Gasteiger partial charge in [-0.3, -0.25) is 0 Å². The van der Waals surface area contributed by atoms with Gasteiger partial charge in [-0.05, 0) is 28.1 Å². The van der Waals surface area contributed by atoms with E-state index in [1.54, 1.807) is 6.07 Å². The molecule has 4 nitrogen and oxygen atoms in total. The van der Waals surface area contributed by atoms with Crippen LogP contribution in [0.4, 0.5) is 4.39 Å². The van der Waals surface area contributed by atoms with Crippen LogP contribution in [0.25, 0.3) is 0 Å². The Labute approximate surface area is 112 Å². The predicted octanol–water partition coefficient (Wildman–Crippen LogP) is 3.67. The number of aromatic nitrogens is 2. The molecule has 96 valence electrons. The Bertz CT molecular complexity index is 543. The highest BCUT2D eigenvalue weighted by Gasteiger charge is 2.11. The van der Waals surface area contributed by atoms with Crippen molar-refractivity contribution in [1.82, 2.24) is 10.1 Å². The fourth-order valence-corrected chi connectivity index (χ4v) is 1.65. The Morgan fingerprint density at radius 3 is 2.89 bits per heavy atom. The minimum Gasteiger partial charge on any atom is -0.482 e. The van der Waals surface area contributed by atoms with Crippen LogP contribution in [0.15, 0.2) is 27.2 Å². The first-order valence-electron chi connectivity index (χ1n) is 5.46. The van der Waals surface area contributed by atoms with Crippen molar-refractivity contribution in [3.05, 3.63) is 40.2 Å². The lowest BCUT2D eigenvalue weighted by molar-refractivity contribution is 0.240. The van der Waals surface area contributed by atoms with Gasteiger partial charge >= 0.3 is 0 Å². The molecule has 0 N–H and O–H groups in total. The standard InChI is InChI=1S/C12H12BrFN2O2/c1-7(2)12-15-11(18-16-12)6-17-10-5-8(14)3-4-9(10)13/h3-5,7H,6H2,1-2H3. The molecule has 0 unspecified atom stereocenters. The SMILES string of the molecule is CC(C)c1noc(COc2cc(F)ccc2Br)n1. The van der Waals surface area contributed by atoms with E-state index in [4.69, 9.17) is 9.26 Å². The van der Waals surface area contributed by atoms with Gasteiger partial charge in [0, 0.05) is 12.0 Å². The van der Waals surface area contributed by atoms with E-state index >= 15 is 0 Å². The molecule has 0 spiro atoms. The number of hydrogen-bond acceptors (Lipinski definition) is 4. The molecule has 0 atom stereocenters. The number of rotatable bonds is 4. The third-order valence-electron chi connectivity index (χ3n) is 2.24. The van der Waals surface area contributed by atoms with Gasteiger partial charge < -0.3 is 9.26 Å². The summed E-state index contributed by atoms with van der Waals surface area (Å²) in [5.74, 6) is 1.24. The van der Waals surface area contributed by atoms with Crippen molar-refractivity contribution < 1.29 is 13.7 Å². The maximum absolute atomic E-state index is 13.0. The van der Waals surface area contributed by atoms with Crippen LogP contribution in [0.2, 0.25) is 0 Å². The summed E-state index contributed by atoms with van der Waals surface area (Å²) in [5, 5.41) is 3.82. The van der Waals surface area contributed by atoms with Crippen LogP contribution in [0, 0.1) is 5.82 Å². The Morgan fingerprint density at radius 1 is 1.44 bits per heavy atom. The zero-order valence-electron chi connectivity index (χ0n) is 9.98. The fourth-order valence-electron chi connectivity index (χ4n) is 1.29. The Hall–Kier alpha value is -1.43. The van der Waals surface area contributed by atoms with E-state index in [2.05, 4.69) is 26.1 Å². The van der Waals surface area contributed by atoms with E-state index in [0.29, 0.717) is 21.9 Å². The maximum Gasteiger partial charge on any atom is 0.264 e. The first-order valence-corrected chi connectivity index (χ1v) is 6.26. The summed E-state index contributed by atoms with van der Waals surface area (Å²) in [6.07, 6.45) is 0. The van der Waals surface area contributed by atoms with Crippen molar-refractivity contribution in [2.75, 3.05) is 0 Å². The molecule has 0 radical (unpaired) electrons. The van der Waals surface area contributed by atoms with E-state index < -0.39 is 0 Å². The number of nitrogens with zero attached hydrogens (tertiary/aromatic N) is 2. The van der Waals surface area contributed by atoms with E-state index in [9.17, 15) is 4.39 Å². The summed E-state index contributed by atoms with van der Waals surface area (Å²) in [4.78, 5) is 4.17. The normalized spacial score (nSPS) is 10.9. The third kappa shape index (κ3) is 3.07. The number of benzene rings is 1. The van der Waals surface area contributed by atoms with Gasteiger partial charge in [-0.1, -0.05) is 19.0 Å². The van der Waals surface area contributed by atoms with Gasteiger partial charge in [-0.15, -0.1) is 0 Å². The largest absolute Gasteiger partial charge is 0.482 e. The zero-order chi connectivity index (χ0) is 13.1. The molecule has 0 fully saturated rings. The van der Waals surface area contributed by atoms with E-state index in [1.165, 1.54) is 12.1 Å². The van der Waals surface area contributed by atoms with Crippen LogP contribution in [0.3, 0.4) is 0 Å². The summed E-state index contributed by atoms with van der Waals surface area (Å²) < 4.78 is 24.1. The molecule has 2 rings (SSSR count). The van der Waals surface area contributed by atoms with E-state index in [1.807, 2.05) is 13.8 Å². The van der Waals surface area contributed by atoms with Crippen LogP contribution in [0.1, 0.15) is 31.5 Å². The van der Waals surface area contributed by atoms with Gasteiger partial charge in [0.2, 0.25) is 0 Å². The second-order valence-corrected chi connectivity index (χ2v) is 4.92. The van der Waals surface area contributed by atoms with Crippen molar-refractivity contribution in [2.24, 2.45) is 0 Å². The number of hydrogen-bond donors (Lipinski definition) is 0. The first-order chi connectivity index (χ1) is 8.56. The predicted molar refractivity (Wildman–Crippen MR) is 66.8 cm³/mol. The van der Waals surface area contributed by atoms with Crippen molar-refractivity contribution >= 4 is 15.9 Å². The minimum atomic E-state index is -0.360. The number of ether oxygens (including phenoxy) is 1. The molecule has 0 amide bonds. The molecule has 2 aromatic rings. The Kier molecular flexibility index (Phi) is 3.96. The van der Waals surface area contributed by atoms with Crippen LogP contribution in [-0.2, 0) is 6.61 Å². The Morgan fingerprint density at radius 2 is 2.22 bits per heavy atom. The Balaban J connectivity index is 2.04. The van der Waals surface area contributed by atoms with Crippen molar-refractivity contribution in [1.29, 1.82) is 0 Å². The quantitative estimate of drug-likeness (QED) is 0.863. The lowest BCUT2D eigenvalue weighted by atomic mass is 10.2. The lowest BCUT2D eigenvalue weighted by Gasteiger charge is -2.05. The smallest absolute Gasteiger partial charge is 0.264 e. The number of halogens is 2. The molecular formula is C12H12BrFN2O2. The van der Waals surface area contributed by atoms with Gasteiger partial charge in [0.1, 0.15) is 11.6 Å². The van der Waals surface area contributed by atoms with Gasteiger partial charge in [0.25, 0.3) is 5.89 Å². The second kappa shape index (κ2) is 5.48. The molecule has 0 saturated carbocycles. The van der Waals surface area contributed by atoms with Gasteiger partial charge in [-0.25, -0.2) is 4.39 Å². The highest BCUT2D eigenvalue weighted by atomic mass is 79.9. The summed E-state index contributed by atoms with van der Waals surface area (Å²) in [5.41, 5.74) is 0. The highest BCUT2D eigenvalue weighted by Crippen LogP contribution is 2.26. The van der Waals surface area contributed by atoms with Gasteiger partial charge in [-0.2, -0.15) is 4.98 Å². The van der Waals surface area contributed by atoms with Crippen LogP contribution < -0.4 is 4.74 Å².